The third kappa shape index (κ3) is 5.82. The van der Waals surface area contributed by atoms with Crippen LogP contribution in [-0.4, -0.2) is 4.98 Å². The van der Waals surface area contributed by atoms with Gasteiger partial charge in [-0.15, -0.1) is 0 Å². The quantitative estimate of drug-likeness (QED) is 0.174. The van der Waals surface area contributed by atoms with E-state index in [0.717, 1.165) is 66.7 Å². The molecule has 0 atom stereocenters. The molecule has 2 heterocycles. The Bertz CT molecular complexity index is 3680. The Kier molecular flexibility index (Phi) is 8.39. The summed E-state index contributed by atoms with van der Waals surface area (Å²) in [6.07, 6.45) is 0. The molecular formula is C59H40N2O. The molecule has 0 aliphatic heterocycles. The lowest BCUT2D eigenvalue weighted by atomic mass is 9.90. The van der Waals surface area contributed by atoms with Gasteiger partial charge in [-0.25, -0.2) is 0 Å². The van der Waals surface area contributed by atoms with Crippen LogP contribution >= 0.6 is 0 Å². The van der Waals surface area contributed by atoms with E-state index >= 15 is 0 Å². The first-order chi connectivity index (χ1) is 30.7. The van der Waals surface area contributed by atoms with Crippen LogP contribution in [-0.2, 0) is 0 Å². The summed E-state index contributed by atoms with van der Waals surface area (Å²) < 4.78 is 6.59. The van der Waals surface area contributed by atoms with Gasteiger partial charge in [0.2, 0.25) is 0 Å². The summed E-state index contributed by atoms with van der Waals surface area (Å²) in [5.74, 6) is 0. The van der Waals surface area contributed by atoms with E-state index in [1.54, 1.807) is 0 Å². The van der Waals surface area contributed by atoms with E-state index in [-0.39, 0.29) is 0 Å². The Labute approximate surface area is 359 Å². The Morgan fingerprint density at radius 3 is 1.92 bits per heavy atom. The molecule has 12 aromatic rings. The second-order valence-corrected chi connectivity index (χ2v) is 16.2. The lowest BCUT2D eigenvalue weighted by Gasteiger charge is -2.29. The smallest absolute Gasteiger partial charge is 0.143 e. The van der Waals surface area contributed by atoms with Crippen molar-refractivity contribution in [3.05, 3.63) is 224 Å². The maximum atomic E-state index is 6.59. The van der Waals surface area contributed by atoms with E-state index < -0.39 is 0 Å². The number of H-pyrrole nitrogens is 1. The van der Waals surface area contributed by atoms with Crippen molar-refractivity contribution in [1.29, 1.82) is 0 Å². The lowest BCUT2D eigenvalue weighted by molar-refractivity contribution is 0.670. The van der Waals surface area contributed by atoms with Crippen molar-refractivity contribution < 1.29 is 4.42 Å². The molecular weight excluding hydrogens is 753 g/mol. The Morgan fingerprint density at radius 1 is 0.387 bits per heavy atom. The van der Waals surface area contributed by atoms with Crippen molar-refractivity contribution in [3.8, 4) is 44.5 Å². The number of aryl methyl sites for hydroxylation is 1. The molecule has 2 aromatic heterocycles. The Hall–Kier alpha value is -8.14. The summed E-state index contributed by atoms with van der Waals surface area (Å²) in [6.45, 7) is 2.21. The molecule has 3 heteroatoms. The average molecular weight is 793 g/mol. The number of aromatic amines is 1. The summed E-state index contributed by atoms with van der Waals surface area (Å²) in [5.41, 5.74) is 17.7. The standard InChI is InChI=1S/C59H40N2O/c1-38-16-2-4-21-43(38)54-37-42(34-35-47(54)51-28-15-29-52-48-23-6-9-31-55(48)60-58(51)52)61(56-32-10-7-24-49(56)46-27-13-18-39-17-3-5-22-44(39)46)41-20-12-19-40(36-41)45-26-14-30-53-50-25-8-11-33-57(50)62-59(45)53/h2-37,60H,1H3. The predicted molar refractivity (Wildman–Crippen MR) is 262 cm³/mol. The van der Waals surface area contributed by atoms with E-state index in [2.05, 4.69) is 229 Å². The van der Waals surface area contributed by atoms with Crippen LogP contribution in [0.2, 0.25) is 0 Å². The van der Waals surface area contributed by atoms with Gasteiger partial charge in [0.05, 0.1) is 11.2 Å². The van der Waals surface area contributed by atoms with Crippen molar-refractivity contribution >= 4 is 71.6 Å². The molecule has 0 aliphatic carbocycles. The summed E-state index contributed by atoms with van der Waals surface area (Å²) in [7, 11) is 0. The van der Waals surface area contributed by atoms with Gasteiger partial charge in [0, 0.05) is 55.1 Å². The summed E-state index contributed by atoms with van der Waals surface area (Å²) >= 11 is 0. The number of nitrogens with one attached hydrogen (secondary N) is 1. The topological polar surface area (TPSA) is 32.2 Å². The SMILES string of the molecule is Cc1ccccc1-c1cc(N(c2cccc(-c3cccc4c3oc3ccccc34)c2)c2ccccc2-c2cccc3ccccc23)ccc1-c1cccc2c1[nH]c1ccccc12. The van der Waals surface area contributed by atoms with Crippen LogP contribution in [0.3, 0.4) is 0 Å². The van der Waals surface area contributed by atoms with E-state index in [9.17, 15) is 0 Å². The third-order valence-electron chi connectivity index (χ3n) is 12.6. The van der Waals surface area contributed by atoms with Crippen molar-refractivity contribution in [2.45, 2.75) is 6.92 Å². The molecule has 0 radical (unpaired) electrons. The summed E-state index contributed by atoms with van der Waals surface area (Å²) in [4.78, 5) is 6.23. The van der Waals surface area contributed by atoms with Gasteiger partial charge < -0.3 is 14.3 Å². The van der Waals surface area contributed by atoms with Crippen molar-refractivity contribution in [1.82, 2.24) is 4.98 Å². The summed E-state index contributed by atoms with van der Waals surface area (Å²) in [6, 6.07) is 78.8. The number of fused-ring (bicyclic) bond motifs is 7. The van der Waals surface area contributed by atoms with Crippen LogP contribution in [0.1, 0.15) is 5.56 Å². The highest BCUT2D eigenvalue weighted by molar-refractivity contribution is 6.13. The van der Waals surface area contributed by atoms with Crippen LogP contribution in [0.5, 0.6) is 0 Å². The fourth-order valence-corrected chi connectivity index (χ4v) is 9.67. The van der Waals surface area contributed by atoms with Gasteiger partial charge >= 0.3 is 0 Å². The van der Waals surface area contributed by atoms with Gasteiger partial charge in [0.25, 0.3) is 0 Å². The van der Waals surface area contributed by atoms with Crippen molar-refractivity contribution in [3.63, 3.8) is 0 Å². The fraction of sp³-hybridized carbons (Fsp3) is 0.0169. The number of aromatic nitrogens is 1. The second-order valence-electron chi connectivity index (χ2n) is 16.2. The number of hydrogen-bond donors (Lipinski definition) is 1. The second kappa shape index (κ2) is 14.5. The molecule has 10 aromatic carbocycles. The minimum Gasteiger partial charge on any atom is -0.455 e. The first-order valence-electron chi connectivity index (χ1n) is 21.3. The molecule has 3 nitrogen and oxygen atoms in total. The molecule has 0 fully saturated rings. The highest BCUT2D eigenvalue weighted by Crippen LogP contribution is 2.47. The minimum absolute atomic E-state index is 0.892. The maximum Gasteiger partial charge on any atom is 0.143 e. The van der Waals surface area contributed by atoms with E-state index in [1.807, 2.05) is 6.07 Å². The zero-order valence-corrected chi connectivity index (χ0v) is 34.1. The molecule has 0 bridgehead atoms. The van der Waals surface area contributed by atoms with Gasteiger partial charge in [-0.1, -0.05) is 176 Å². The number of hydrogen-bond acceptors (Lipinski definition) is 2. The lowest BCUT2D eigenvalue weighted by Crippen LogP contribution is -2.12. The zero-order valence-electron chi connectivity index (χ0n) is 34.1. The maximum absolute atomic E-state index is 6.59. The van der Waals surface area contributed by atoms with Gasteiger partial charge in [0.1, 0.15) is 11.2 Å². The molecule has 0 saturated heterocycles. The van der Waals surface area contributed by atoms with Gasteiger partial charge in [-0.3, -0.25) is 0 Å². The average Bonchev–Trinajstić information content (AvgIpc) is 3.91. The van der Waals surface area contributed by atoms with E-state index in [1.165, 1.54) is 54.9 Å². The first kappa shape index (κ1) is 35.8. The predicted octanol–water partition coefficient (Wildman–Crippen LogP) is 16.8. The van der Waals surface area contributed by atoms with Crippen LogP contribution in [0.15, 0.2) is 223 Å². The van der Waals surface area contributed by atoms with Crippen molar-refractivity contribution in [2.75, 3.05) is 4.90 Å². The molecule has 292 valence electrons. The first-order valence-corrected chi connectivity index (χ1v) is 21.3. The van der Waals surface area contributed by atoms with E-state index in [0.29, 0.717) is 0 Å². The molecule has 0 spiro atoms. The molecule has 0 unspecified atom stereocenters. The van der Waals surface area contributed by atoms with Crippen molar-refractivity contribution in [2.24, 2.45) is 0 Å². The molecule has 0 amide bonds. The van der Waals surface area contributed by atoms with E-state index in [4.69, 9.17) is 4.42 Å². The van der Waals surface area contributed by atoms with Gasteiger partial charge in [-0.05, 0) is 93.5 Å². The number of anilines is 3. The molecule has 0 aliphatic rings. The van der Waals surface area contributed by atoms with Crippen LogP contribution < -0.4 is 4.90 Å². The van der Waals surface area contributed by atoms with Crippen LogP contribution in [0.4, 0.5) is 17.1 Å². The summed E-state index contributed by atoms with van der Waals surface area (Å²) in [5, 5.41) is 7.12. The third-order valence-corrected chi connectivity index (χ3v) is 12.6. The molecule has 12 rings (SSSR count). The van der Waals surface area contributed by atoms with Crippen LogP contribution in [0, 0.1) is 6.92 Å². The molecule has 1 N–H and O–H groups in total. The Morgan fingerprint density at radius 2 is 1.02 bits per heavy atom. The number of rotatable bonds is 7. The number of nitrogens with zero attached hydrogens (tertiary/aromatic N) is 1. The van der Waals surface area contributed by atoms with Gasteiger partial charge in [0.15, 0.2) is 0 Å². The minimum atomic E-state index is 0.892. The number of furan rings is 1. The van der Waals surface area contributed by atoms with Gasteiger partial charge in [-0.2, -0.15) is 0 Å². The Balaban J connectivity index is 1.12. The zero-order chi connectivity index (χ0) is 41.1. The fourth-order valence-electron chi connectivity index (χ4n) is 9.67. The molecule has 62 heavy (non-hydrogen) atoms. The molecule has 0 saturated carbocycles. The normalized spacial score (nSPS) is 11.6. The largest absolute Gasteiger partial charge is 0.455 e. The highest BCUT2D eigenvalue weighted by Gasteiger charge is 2.23. The number of benzene rings is 10. The highest BCUT2D eigenvalue weighted by atomic mass is 16.3. The number of para-hydroxylation sites is 5. The van der Waals surface area contributed by atoms with Crippen LogP contribution in [0.25, 0.3) is 99.0 Å². The monoisotopic (exact) mass is 792 g/mol.